The molecule has 2 aromatic carbocycles. The van der Waals surface area contributed by atoms with Crippen molar-refractivity contribution in [1.29, 1.82) is 0 Å². The zero-order valence-corrected chi connectivity index (χ0v) is 17.7. The van der Waals surface area contributed by atoms with Crippen LogP contribution in [0.25, 0.3) is 0 Å². The summed E-state index contributed by atoms with van der Waals surface area (Å²) >= 11 is 0. The molecule has 0 aliphatic carbocycles. The van der Waals surface area contributed by atoms with Crippen LogP contribution in [0.2, 0.25) is 0 Å². The Morgan fingerprint density at radius 1 is 0.931 bits per heavy atom. The zero-order chi connectivity index (χ0) is 21.4. The lowest BCUT2D eigenvalue weighted by Gasteiger charge is -2.22. The Balaban J connectivity index is 1.93. The number of methoxy groups -OCH3 is 2. The van der Waals surface area contributed by atoms with E-state index in [1.807, 2.05) is 55.4 Å². The van der Waals surface area contributed by atoms with Crippen molar-refractivity contribution in [3.63, 3.8) is 0 Å². The lowest BCUT2D eigenvalue weighted by atomic mass is 10.2. The Labute approximate surface area is 172 Å². The summed E-state index contributed by atoms with van der Waals surface area (Å²) in [5, 5.41) is 2.88. The maximum atomic E-state index is 12.3. The van der Waals surface area contributed by atoms with Crippen molar-refractivity contribution in [2.45, 2.75) is 19.9 Å². The second-order valence-electron chi connectivity index (χ2n) is 6.80. The van der Waals surface area contributed by atoms with Crippen LogP contribution in [-0.2, 0) is 16.1 Å². The summed E-state index contributed by atoms with van der Waals surface area (Å²) in [7, 11) is 7.07. The van der Waals surface area contributed by atoms with Crippen molar-refractivity contribution >= 4 is 23.2 Å². The van der Waals surface area contributed by atoms with E-state index in [9.17, 15) is 9.59 Å². The molecule has 0 aromatic heterocycles. The van der Waals surface area contributed by atoms with Crippen LogP contribution in [0.4, 0.5) is 11.4 Å². The molecule has 7 heteroatoms. The van der Waals surface area contributed by atoms with Crippen molar-refractivity contribution in [2.24, 2.45) is 0 Å². The van der Waals surface area contributed by atoms with E-state index >= 15 is 0 Å². The van der Waals surface area contributed by atoms with Crippen LogP contribution in [0.15, 0.2) is 42.5 Å². The fourth-order valence-corrected chi connectivity index (χ4v) is 2.89. The molecule has 0 bridgehead atoms. The number of hydrogen-bond donors (Lipinski definition) is 1. The van der Waals surface area contributed by atoms with Gasteiger partial charge in [-0.25, -0.2) is 0 Å². The Morgan fingerprint density at radius 2 is 1.55 bits per heavy atom. The molecule has 2 amide bonds. The van der Waals surface area contributed by atoms with Crippen LogP contribution in [-0.4, -0.2) is 46.7 Å². The van der Waals surface area contributed by atoms with Crippen LogP contribution in [0.5, 0.6) is 11.5 Å². The molecular weight excluding hydrogens is 370 g/mol. The van der Waals surface area contributed by atoms with Gasteiger partial charge >= 0.3 is 0 Å². The molecule has 0 atom stereocenters. The fraction of sp³-hybridized carbons (Fsp3) is 0.364. The second kappa shape index (κ2) is 10.4. The van der Waals surface area contributed by atoms with Gasteiger partial charge in [0.05, 0.1) is 14.2 Å². The van der Waals surface area contributed by atoms with E-state index in [1.54, 1.807) is 25.2 Å². The summed E-state index contributed by atoms with van der Waals surface area (Å²) in [5.41, 5.74) is 2.72. The highest BCUT2D eigenvalue weighted by Crippen LogP contribution is 2.27. The van der Waals surface area contributed by atoms with Crippen LogP contribution in [0, 0.1) is 0 Å². The van der Waals surface area contributed by atoms with Gasteiger partial charge in [-0.15, -0.1) is 0 Å². The molecule has 29 heavy (non-hydrogen) atoms. The molecule has 156 valence electrons. The number of nitrogens with zero attached hydrogens (tertiary/aromatic N) is 2. The molecule has 1 N–H and O–H groups in total. The van der Waals surface area contributed by atoms with Gasteiger partial charge in [0.2, 0.25) is 11.8 Å². The molecule has 0 aliphatic rings. The minimum absolute atomic E-state index is 0.102. The SMILES string of the molecule is COc1ccc(CNC(=O)CCN(C(C)=O)c2ccc(N(C)C)cc2)cc1OC. The lowest BCUT2D eigenvalue weighted by Crippen LogP contribution is -2.33. The van der Waals surface area contributed by atoms with Crippen molar-refractivity contribution in [1.82, 2.24) is 5.32 Å². The smallest absolute Gasteiger partial charge is 0.223 e. The third kappa shape index (κ3) is 6.14. The topological polar surface area (TPSA) is 71.1 Å². The van der Waals surface area contributed by atoms with Crippen molar-refractivity contribution in [2.75, 3.05) is 44.7 Å². The van der Waals surface area contributed by atoms with E-state index in [2.05, 4.69) is 5.32 Å². The van der Waals surface area contributed by atoms with Crippen molar-refractivity contribution < 1.29 is 19.1 Å². The Kier molecular flexibility index (Phi) is 7.88. The predicted molar refractivity (Wildman–Crippen MR) is 115 cm³/mol. The summed E-state index contributed by atoms with van der Waals surface area (Å²) in [6.45, 7) is 2.19. The average Bonchev–Trinajstić information content (AvgIpc) is 2.72. The molecule has 0 aliphatic heterocycles. The number of hydrogen-bond acceptors (Lipinski definition) is 5. The van der Waals surface area contributed by atoms with Gasteiger partial charge < -0.3 is 24.6 Å². The van der Waals surface area contributed by atoms with Gasteiger partial charge in [-0.2, -0.15) is 0 Å². The maximum absolute atomic E-state index is 12.3. The average molecular weight is 399 g/mol. The molecule has 0 radical (unpaired) electrons. The number of carbonyl (C=O) groups excluding carboxylic acids is 2. The normalized spacial score (nSPS) is 10.2. The minimum atomic E-state index is -0.129. The molecular formula is C22H29N3O4. The van der Waals surface area contributed by atoms with E-state index in [4.69, 9.17) is 9.47 Å². The molecule has 0 fully saturated rings. The second-order valence-corrected chi connectivity index (χ2v) is 6.80. The largest absolute Gasteiger partial charge is 0.493 e. The number of anilines is 2. The molecule has 0 spiro atoms. The first-order valence-corrected chi connectivity index (χ1v) is 9.38. The summed E-state index contributed by atoms with van der Waals surface area (Å²) in [5.74, 6) is 1.02. The highest BCUT2D eigenvalue weighted by molar-refractivity contribution is 5.92. The highest BCUT2D eigenvalue weighted by atomic mass is 16.5. The van der Waals surface area contributed by atoms with Crippen LogP contribution < -0.4 is 24.6 Å². The maximum Gasteiger partial charge on any atom is 0.223 e. The fourth-order valence-electron chi connectivity index (χ4n) is 2.89. The summed E-state index contributed by atoms with van der Waals surface area (Å²) in [6.07, 6.45) is 0.211. The molecule has 2 aromatic rings. The first-order chi connectivity index (χ1) is 13.8. The molecule has 0 heterocycles. The third-order valence-corrected chi connectivity index (χ3v) is 4.56. The van der Waals surface area contributed by atoms with E-state index in [-0.39, 0.29) is 18.2 Å². The first kappa shape index (κ1) is 22.1. The molecule has 2 rings (SSSR count). The Hall–Kier alpha value is -3.22. The zero-order valence-electron chi connectivity index (χ0n) is 17.7. The van der Waals surface area contributed by atoms with Crippen LogP contribution >= 0.6 is 0 Å². The monoisotopic (exact) mass is 399 g/mol. The Morgan fingerprint density at radius 3 is 2.10 bits per heavy atom. The number of ether oxygens (including phenoxy) is 2. The number of rotatable bonds is 9. The van der Waals surface area contributed by atoms with Gasteiger partial charge in [0.25, 0.3) is 0 Å². The van der Waals surface area contributed by atoms with Crippen molar-refractivity contribution in [3.8, 4) is 11.5 Å². The molecule has 0 saturated carbocycles. The lowest BCUT2D eigenvalue weighted by molar-refractivity contribution is -0.121. The molecule has 7 nitrogen and oxygen atoms in total. The summed E-state index contributed by atoms with van der Waals surface area (Å²) < 4.78 is 10.5. The number of nitrogens with one attached hydrogen (secondary N) is 1. The standard InChI is InChI=1S/C22H29N3O4/c1-16(26)25(19-9-7-18(8-10-19)24(2)3)13-12-22(27)23-15-17-6-11-20(28-4)21(14-17)29-5/h6-11,14H,12-13,15H2,1-5H3,(H,23,27). The predicted octanol–water partition coefficient (Wildman–Crippen LogP) is 2.83. The van der Waals surface area contributed by atoms with E-state index in [1.165, 1.54) is 6.92 Å². The molecule has 0 unspecified atom stereocenters. The van der Waals surface area contributed by atoms with Gasteiger partial charge in [0.15, 0.2) is 11.5 Å². The number of carbonyl (C=O) groups is 2. The van der Waals surface area contributed by atoms with E-state index in [0.29, 0.717) is 24.6 Å². The highest BCUT2D eigenvalue weighted by Gasteiger charge is 2.14. The number of amides is 2. The van der Waals surface area contributed by atoms with Gasteiger partial charge in [0, 0.05) is 51.9 Å². The van der Waals surface area contributed by atoms with Gasteiger partial charge in [-0.1, -0.05) is 6.07 Å². The van der Waals surface area contributed by atoms with Gasteiger partial charge in [-0.05, 0) is 42.0 Å². The quantitative estimate of drug-likeness (QED) is 0.702. The van der Waals surface area contributed by atoms with Crippen LogP contribution in [0.1, 0.15) is 18.9 Å². The third-order valence-electron chi connectivity index (χ3n) is 4.56. The van der Waals surface area contributed by atoms with E-state index < -0.39 is 0 Å². The van der Waals surface area contributed by atoms with Crippen LogP contribution in [0.3, 0.4) is 0 Å². The summed E-state index contributed by atoms with van der Waals surface area (Å²) in [4.78, 5) is 27.9. The number of benzene rings is 2. The van der Waals surface area contributed by atoms with Crippen molar-refractivity contribution in [3.05, 3.63) is 48.0 Å². The molecule has 0 saturated heterocycles. The minimum Gasteiger partial charge on any atom is -0.493 e. The summed E-state index contributed by atoms with van der Waals surface area (Å²) in [6, 6.07) is 13.2. The van der Waals surface area contributed by atoms with E-state index in [0.717, 1.165) is 16.9 Å². The van der Waals surface area contributed by atoms with Gasteiger partial charge in [-0.3, -0.25) is 9.59 Å². The Bertz CT molecular complexity index is 834. The van der Waals surface area contributed by atoms with Gasteiger partial charge in [0.1, 0.15) is 0 Å². The first-order valence-electron chi connectivity index (χ1n) is 9.38.